The van der Waals surface area contributed by atoms with Gasteiger partial charge in [-0.25, -0.2) is 0 Å². The third-order valence-corrected chi connectivity index (χ3v) is 436. The van der Waals surface area contributed by atoms with E-state index in [4.69, 9.17) is 30.3 Å². The summed E-state index contributed by atoms with van der Waals surface area (Å²) in [5.74, 6) is 0. The third kappa shape index (κ3) is 32.1. The summed E-state index contributed by atoms with van der Waals surface area (Å²) in [7, 11) is 130. The van der Waals surface area contributed by atoms with Gasteiger partial charge in [0.2, 0.25) is 0 Å². The van der Waals surface area contributed by atoms with Gasteiger partial charge in [0.15, 0.2) is 0 Å². The van der Waals surface area contributed by atoms with Crippen LogP contribution in [0.25, 0.3) is 0 Å². The molecule has 0 aromatic heterocycles. The van der Waals surface area contributed by atoms with E-state index in [1.54, 1.807) is 0 Å². The molecule has 0 bridgehead atoms. The van der Waals surface area contributed by atoms with Crippen molar-refractivity contribution in [3.8, 4) is 0 Å². The van der Waals surface area contributed by atoms with Crippen LogP contribution < -0.4 is 0 Å². The lowest BCUT2D eigenvalue weighted by molar-refractivity contribution is 4.32. The number of hydrogen-bond acceptors (Lipinski definition) is 0. The molecule has 0 amide bonds. The lowest BCUT2D eigenvalue weighted by atomic mass is 10.7. The highest BCUT2D eigenvalue weighted by Gasteiger charge is 2.62. The Morgan fingerprint density at radius 3 is 0.477 bits per heavy atom. The average molecular weight is 1990 g/mol. The molecule has 376 valence electrons. The van der Waals surface area contributed by atoms with Gasteiger partial charge in [-0.05, 0) is 203 Å². The zero-order valence-electron chi connectivity index (χ0n) is 33.4. The molecule has 0 saturated carbocycles. The molecule has 0 aliphatic carbocycles. The minimum Gasteiger partial charge on any atom is -0.169 e. The average Bonchev–Trinajstić information content (AvgIpc) is 3.10. The fraction of sp³-hybridized carbons (Fsp3) is 0. The first-order valence-corrected chi connectivity index (χ1v) is 127. The normalized spacial score (nSPS) is 18.0. The van der Waals surface area contributed by atoms with Crippen LogP contribution in [-0.2, 0) is 0 Å². The Kier molecular flexibility index (Phi) is 70.3. The van der Waals surface area contributed by atoms with Crippen molar-refractivity contribution >= 4 is 515 Å². The second-order valence-corrected chi connectivity index (χ2v) is 262. The predicted octanol–water partition coefficient (Wildman–Crippen LogP) is 35.2. The summed E-state index contributed by atoms with van der Waals surface area (Å²) >= 11 is 0. The van der Waals surface area contributed by atoms with Gasteiger partial charge in [0, 0.05) is 0 Å². The van der Waals surface area contributed by atoms with Gasteiger partial charge in [0.25, 0.3) is 0 Å². The van der Waals surface area contributed by atoms with E-state index in [-0.39, 0.29) is 126 Å². The number of rotatable bonds is 31. The molecule has 0 heterocycles. The van der Waals surface area contributed by atoms with E-state index >= 15 is 0 Å². The van der Waals surface area contributed by atoms with E-state index in [9.17, 15) is 0 Å². The van der Waals surface area contributed by atoms with Crippen LogP contribution in [0.15, 0.2) is 0 Å². The van der Waals surface area contributed by atoms with Crippen LogP contribution in [0.1, 0.15) is 0 Å². The van der Waals surface area contributed by atoms with Crippen molar-refractivity contribution in [2.75, 3.05) is 0 Å². The molecule has 38 unspecified atom stereocenters. The molecule has 0 aliphatic heterocycles. The van der Waals surface area contributed by atoms with Crippen LogP contribution in [0.5, 0.6) is 0 Å². The molecule has 0 nitrogen and oxygen atoms in total. The van der Waals surface area contributed by atoms with Crippen molar-refractivity contribution in [1.82, 2.24) is 0 Å². The van der Waals surface area contributed by atoms with E-state index in [1.165, 1.54) is 0 Å². The molecule has 0 aliphatic rings. The molecule has 8 radical (unpaired) electrons. The van der Waals surface area contributed by atoms with E-state index in [0.717, 1.165) is 0 Å². The monoisotopic (exact) mass is 1990 g/mol. The van der Waals surface area contributed by atoms with Gasteiger partial charge >= 0.3 is 0 Å². The maximum absolute atomic E-state index is 7.88. The van der Waals surface area contributed by atoms with E-state index < -0.39 is 91.4 Å². The topological polar surface area (TPSA) is 0 Å². The maximum Gasteiger partial charge on any atom is 0.121 e. The SMILES string of the molecule is [B]PP([B])P(P(P)P)P(P(P(P)P)P(P)P)P(P(P(P(P)P)P(P)P)P(P(P)P)P(P)P)P(P(P(P(P)P)P(P)P)P(P(P)P)P(P)P)P(P(P(P)P)P(P)P)P(P(P)P)P(P)P([B])[B]. The third-order valence-electron chi connectivity index (χ3n) is 5.72. The molecular formula is H59B4P61. The number of hydrogen-bond donors (Lipinski definition) is 0. The van der Waals surface area contributed by atoms with Gasteiger partial charge in [0.1, 0.15) is 30.3 Å². The first-order chi connectivity index (χ1) is 29.6. The quantitative estimate of drug-likeness (QED) is 0.0479. The maximum atomic E-state index is 7.88. The fourth-order valence-electron chi connectivity index (χ4n) is 3.83. The molecule has 0 rings (SSSR count). The summed E-state index contributed by atoms with van der Waals surface area (Å²) in [4.78, 5) is 0. The van der Waals surface area contributed by atoms with Crippen molar-refractivity contribution < 1.29 is 0 Å². The Hall–Kier alpha value is 26.5. The largest absolute Gasteiger partial charge is 0.169 e. The molecule has 0 spiro atoms. The first kappa shape index (κ1) is 91.5. The van der Waals surface area contributed by atoms with Crippen molar-refractivity contribution in [2.45, 2.75) is 0 Å². The highest BCUT2D eigenvalue weighted by atomic mass is 33.6. The van der Waals surface area contributed by atoms with E-state index in [1.807, 2.05) is 0 Å². The van der Waals surface area contributed by atoms with Crippen molar-refractivity contribution in [3.05, 3.63) is 0 Å². The van der Waals surface area contributed by atoms with Gasteiger partial charge in [-0.2, -0.15) is 15.5 Å². The summed E-state index contributed by atoms with van der Waals surface area (Å²) in [6, 6.07) is 0. The van der Waals surface area contributed by atoms with Crippen molar-refractivity contribution in [3.63, 3.8) is 0 Å². The van der Waals surface area contributed by atoms with Crippen molar-refractivity contribution in [1.29, 1.82) is 0 Å². The van der Waals surface area contributed by atoms with Gasteiger partial charge in [-0.3, -0.25) is 0 Å². The molecule has 38 atom stereocenters. The van der Waals surface area contributed by atoms with Gasteiger partial charge in [0.05, 0.1) is 0 Å². The summed E-state index contributed by atoms with van der Waals surface area (Å²) in [6.07, 6.45) is 0. The second kappa shape index (κ2) is 49.9. The van der Waals surface area contributed by atoms with Crippen LogP contribution in [0, 0.1) is 0 Å². The Morgan fingerprint density at radius 2 is 0.338 bits per heavy atom. The Morgan fingerprint density at radius 1 is 0.200 bits per heavy atom. The molecule has 0 fully saturated rings. The van der Waals surface area contributed by atoms with Gasteiger partial charge in [-0.15, -0.1) is 266 Å². The molecule has 0 N–H and O–H groups in total. The van der Waals surface area contributed by atoms with Crippen LogP contribution in [0.4, 0.5) is 0 Å². The smallest absolute Gasteiger partial charge is 0.121 e. The lowest BCUT2D eigenvalue weighted by Crippen LogP contribution is -1.75. The summed E-state index contributed by atoms with van der Waals surface area (Å²) in [6.45, 7) is -11.6. The minimum absolute atomic E-state index is 0.321. The lowest BCUT2D eigenvalue weighted by Gasteiger charge is -2.61. The summed E-state index contributed by atoms with van der Waals surface area (Å²) in [5.41, 5.74) is 0. The standard InChI is InChI=1S/B4H59P61/c1-34-36(4)52(37(5)6)60(53(38(7)8)39(9)10)64(61(54(40(11)12)41(13)14)55(42(15)16)43(17)18)65(62(56(44(19)20)45(21)22)57(46(23)24)47(25)26)63(58(48(27)28)49(29)30)59(50(31)32)51(33)35(2)3/h34H,5-33H2. The van der Waals surface area contributed by atoms with Crippen LogP contribution in [-0.4, -0.2) is 30.3 Å². The molecule has 65 heavy (non-hydrogen) atoms. The molecule has 65 heteroatoms. The first-order valence-electron chi connectivity index (χ1n) is 14.8. The molecular weight excluding hydrogens is 1930 g/mol. The summed E-state index contributed by atoms with van der Waals surface area (Å²) < 4.78 is 0. The molecule has 0 saturated heterocycles. The predicted molar refractivity (Wildman–Crippen MR) is 527 cm³/mol. The molecule has 0 aromatic carbocycles. The van der Waals surface area contributed by atoms with Crippen LogP contribution >= 0.6 is 484 Å². The Labute approximate surface area is 506 Å². The highest BCUT2D eigenvalue weighted by molar-refractivity contribution is 9.55. The second-order valence-electron chi connectivity index (χ2n) is 10.3. The fourth-order valence-corrected chi connectivity index (χ4v) is 889. The van der Waals surface area contributed by atoms with Gasteiger partial charge in [-0.1, -0.05) is 0 Å². The van der Waals surface area contributed by atoms with Crippen LogP contribution in [0.3, 0.4) is 0 Å². The van der Waals surface area contributed by atoms with E-state index in [2.05, 4.69) is 259 Å². The Bertz CT molecular complexity index is 1140. The van der Waals surface area contributed by atoms with Gasteiger partial charge < -0.3 is 0 Å². The zero-order chi connectivity index (χ0) is 51.6. The minimum atomic E-state index is -1.09. The molecule has 0 aromatic rings. The summed E-state index contributed by atoms with van der Waals surface area (Å²) in [5, 5.41) is 0. The Balaban J connectivity index is 11.2. The van der Waals surface area contributed by atoms with Crippen LogP contribution in [0.2, 0.25) is 0 Å². The highest BCUT2D eigenvalue weighted by Crippen LogP contribution is 3.49. The zero-order valence-corrected chi connectivity index (χ0v) is 95.6. The van der Waals surface area contributed by atoms with E-state index in [0.29, 0.717) is 8.15 Å². The van der Waals surface area contributed by atoms with Crippen molar-refractivity contribution in [2.24, 2.45) is 0 Å².